The number of aliphatic hydroxyl groups is 1. The number of H-pyrrole nitrogens is 1. The zero-order chi connectivity index (χ0) is 17.1. The lowest BCUT2D eigenvalue weighted by molar-refractivity contribution is -0.384. The number of hydrogen-bond donors (Lipinski definition) is 2. The summed E-state index contributed by atoms with van der Waals surface area (Å²) in [5.41, 5.74) is 2.12. The summed E-state index contributed by atoms with van der Waals surface area (Å²) < 4.78 is 0. The number of benzene rings is 1. The first kappa shape index (κ1) is 15.9. The fraction of sp³-hybridized carbons (Fsp3) is 0.250. The van der Waals surface area contributed by atoms with Crippen molar-refractivity contribution in [3.63, 3.8) is 0 Å². The summed E-state index contributed by atoms with van der Waals surface area (Å²) in [5.74, 6) is 0.726. The first-order chi connectivity index (χ1) is 11.6. The van der Waals surface area contributed by atoms with Gasteiger partial charge in [0.1, 0.15) is 17.8 Å². The van der Waals surface area contributed by atoms with E-state index in [4.69, 9.17) is 0 Å². The summed E-state index contributed by atoms with van der Waals surface area (Å²) in [7, 11) is 0. The molecule has 2 aromatic heterocycles. The van der Waals surface area contributed by atoms with Crippen LogP contribution in [0.5, 0.6) is 0 Å². The number of aromatic nitrogens is 3. The van der Waals surface area contributed by atoms with Gasteiger partial charge in [0.15, 0.2) is 0 Å². The standard InChI is InChI=1S/C16H17N5O3/c1-2-20(6-7-22)16-13-9-14(19-15(13)17-10-18-16)11-4-3-5-12(8-11)21(23)24/h3-5,8-10,22H,2,6-7H2,1H3,(H,17,18,19). The highest BCUT2D eigenvalue weighted by molar-refractivity contribution is 5.92. The van der Waals surface area contributed by atoms with Gasteiger partial charge in [-0.15, -0.1) is 0 Å². The third-order valence-electron chi connectivity index (χ3n) is 3.82. The van der Waals surface area contributed by atoms with E-state index in [2.05, 4.69) is 15.0 Å². The van der Waals surface area contributed by atoms with Crippen LogP contribution in [0, 0.1) is 10.1 Å². The molecule has 8 heteroatoms. The number of nitro benzene ring substituents is 1. The Morgan fingerprint density at radius 2 is 2.17 bits per heavy atom. The number of nitrogens with zero attached hydrogens (tertiary/aromatic N) is 4. The van der Waals surface area contributed by atoms with Gasteiger partial charge in [-0.3, -0.25) is 10.1 Å². The minimum Gasteiger partial charge on any atom is -0.395 e. The third kappa shape index (κ3) is 2.91. The normalized spacial score (nSPS) is 10.9. The maximum Gasteiger partial charge on any atom is 0.270 e. The van der Waals surface area contributed by atoms with E-state index in [1.165, 1.54) is 18.5 Å². The topological polar surface area (TPSA) is 108 Å². The van der Waals surface area contributed by atoms with Gasteiger partial charge in [0.25, 0.3) is 5.69 Å². The molecule has 0 unspecified atom stereocenters. The van der Waals surface area contributed by atoms with Gasteiger partial charge >= 0.3 is 0 Å². The lowest BCUT2D eigenvalue weighted by Gasteiger charge is -2.20. The van der Waals surface area contributed by atoms with Crippen LogP contribution in [0.4, 0.5) is 11.5 Å². The second kappa shape index (κ2) is 6.63. The zero-order valence-corrected chi connectivity index (χ0v) is 13.1. The maximum atomic E-state index is 11.0. The molecule has 8 nitrogen and oxygen atoms in total. The first-order valence-corrected chi connectivity index (χ1v) is 7.58. The predicted molar refractivity (Wildman–Crippen MR) is 91.0 cm³/mol. The van der Waals surface area contributed by atoms with Crippen molar-refractivity contribution in [3.05, 3.63) is 46.8 Å². The van der Waals surface area contributed by atoms with Gasteiger partial charge < -0.3 is 15.0 Å². The van der Waals surface area contributed by atoms with Gasteiger partial charge in [0, 0.05) is 36.5 Å². The molecule has 24 heavy (non-hydrogen) atoms. The van der Waals surface area contributed by atoms with Crippen molar-refractivity contribution < 1.29 is 10.0 Å². The minimum atomic E-state index is -0.419. The first-order valence-electron chi connectivity index (χ1n) is 7.58. The van der Waals surface area contributed by atoms with Crippen molar-refractivity contribution in [3.8, 4) is 11.3 Å². The smallest absolute Gasteiger partial charge is 0.270 e. The number of aliphatic hydroxyl groups excluding tert-OH is 1. The Morgan fingerprint density at radius 3 is 2.88 bits per heavy atom. The van der Waals surface area contributed by atoms with E-state index < -0.39 is 4.92 Å². The fourth-order valence-electron chi connectivity index (χ4n) is 2.66. The number of aromatic amines is 1. The highest BCUT2D eigenvalue weighted by Gasteiger charge is 2.15. The molecule has 0 amide bonds. The number of likely N-dealkylation sites (N-methyl/N-ethyl adjacent to an activating group) is 1. The van der Waals surface area contributed by atoms with Crippen molar-refractivity contribution in [2.45, 2.75) is 6.92 Å². The lowest BCUT2D eigenvalue weighted by atomic mass is 10.1. The van der Waals surface area contributed by atoms with E-state index in [0.717, 1.165) is 16.9 Å². The Bertz CT molecular complexity index is 877. The van der Waals surface area contributed by atoms with Gasteiger partial charge in [-0.2, -0.15) is 0 Å². The van der Waals surface area contributed by atoms with Gasteiger partial charge in [-0.25, -0.2) is 9.97 Å². The maximum absolute atomic E-state index is 11.0. The van der Waals surface area contributed by atoms with E-state index in [9.17, 15) is 15.2 Å². The van der Waals surface area contributed by atoms with Crippen LogP contribution < -0.4 is 4.90 Å². The number of nitrogens with one attached hydrogen (secondary N) is 1. The third-order valence-corrected chi connectivity index (χ3v) is 3.82. The summed E-state index contributed by atoms with van der Waals surface area (Å²) in [5, 5.41) is 21.0. The van der Waals surface area contributed by atoms with Crippen LogP contribution in [0.15, 0.2) is 36.7 Å². The quantitative estimate of drug-likeness (QED) is 0.531. The molecular weight excluding hydrogens is 310 g/mol. The molecule has 0 aliphatic heterocycles. The van der Waals surface area contributed by atoms with Gasteiger partial charge in [0.05, 0.1) is 16.9 Å². The SMILES string of the molecule is CCN(CCO)c1ncnc2[nH]c(-c3cccc([N+](=O)[O-])c3)cc12. The van der Waals surface area contributed by atoms with Crippen LogP contribution in [0.25, 0.3) is 22.3 Å². The molecule has 124 valence electrons. The van der Waals surface area contributed by atoms with Crippen molar-refractivity contribution in [1.82, 2.24) is 15.0 Å². The molecule has 3 aromatic rings. The molecule has 0 bridgehead atoms. The number of hydrogen-bond acceptors (Lipinski definition) is 6. The highest BCUT2D eigenvalue weighted by atomic mass is 16.6. The molecule has 0 aliphatic rings. The van der Waals surface area contributed by atoms with Crippen LogP contribution in [-0.4, -0.2) is 44.7 Å². The summed E-state index contributed by atoms with van der Waals surface area (Å²) in [6.07, 6.45) is 1.46. The average Bonchev–Trinajstić information content (AvgIpc) is 3.04. The molecule has 1 aromatic carbocycles. The monoisotopic (exact) mass is 327 g/mol. The molecule has 0 saturated carbocycles. The van der Waals surface area contributed by atoms with Crippen LogP contribution in [0.2, 0.25) is 0 Å². The van der Waals surface area contributed by atoms with E-state index in [0.29, 0.717) is 24.3 Å². The van der Waals surface area contributed by atoms with Crippen molar-refractivity contribution in [2.75, 3.05) is 24.6 Å². The van der Waals surface area contributed by atoms with Gasteiger partial charge in [-0.1, -0.05) is 12.1 Å². The molecule has 0 fully saturated rings. The highest BCUT2D eigenvalue weighted by Crippen LogP contribution is 2.30. The molecule has 0 radical (unpaired) electrons. The molecule has 3 rings (SSSR count). The summed E-state index contributed by atoms with van der Waals surface area (Å²) in [4.78, 5) is 24.2. The second-order valence-corrected chi connectivity index (χ2v) is 5.25. The Labute approximate surface area is 137 Å². The number of non-ortho nitro benzene ring substituents is 1. The molecule has 0 saturated heterocycles. The summed E-state index contributed by atoms with van der Waals surface area (Å²) in [6, 6.07) is 8.30. The molecule has 0 aliphatic carbocycles. The van der Waals surface area contributed by atoms with E-state index in [1.807, 2.05) is 17.9 Å². The Kier molecular flexibility index (Phi) is 4.39. The van der Waals surface area contributed by atoms with Crippen LogP contribution in [0.1, 0.15) is 6.92 Å². The Hall–Kier alpha value is -3.00. The van der Waals surface area contributed by atoms with Crippen LogP contribution in [0.3, 0.4) is 0 Å². The van der Waals surface area contributed by atoms with E-state index in [-0.39, 0.29) is 12.3 Å². The summed E-state index contributed by atoms with van der Waals surface area (Å²) in [6.45, 7) is 3.18. The number of anilines is 1. The fourth-order valence-corrected chi connectivity index (χ4v) is 2.66. The Morgan fingerprint density at radius 1 is 1.33 bits per heavy atom. The number of nitro groups is 1. The molecule has 2 heterocycles. The average molecular weight is 327 g/mol. The predicted octanol–water partition coefficient (Wildman–Crippen LogP) is 2.35. The Balaban J connectivity index is 2.09. The second-order valence-electron chi connectivity index (χ2n) is 5.25. The molecule has 2 N–H and O–H groups in total. The zero-order valence-electron chi connectivity index (χ0n) is 13.1. The molecular formula is C16H17N5O3. The van der Waals surface area contributed by atoms with Gasteiger partial charge in [-0.05, 0) is 13.0 Å². The summed E-state index contributed by atoms with van der Waals surface area (Å²) >= 11 is 0. The van der Waals surface area contributed by atoms with Crippen molar-refractivity contribution in [2.24, 2.45) is 0 Å². The van der Waals surface area contributed by atoms with Crippen molar-refractivity contribution in [1.29, 1.82) is 0 Å². The number of rotatable bonds is 6. The largest absolute Gasteiger partial charge is 0.395 e. The van der Waals surface area contributed by atoms with Crippen LogP contribution in [-0.2, 0) is 0 Å². The van der Waals surface area contributed by atoms with Gasteiger partial charge in [0.2, 0.25) is 0 Å². The lowest BCUT2D eigenvalue weighted by Crippen LogP contribution is -2.27. The minimum absolute atomic E-state index is 0.0293. The van der Waals surface area contributed by atoms with E-state index >= 15 is 0 Å². The number of fused-ring (bicyclic) bond motifs is 1. The molecule has 0 atom stereocenters. The molecule has 0 spiro atoms. The van der Waals surface area contributed by atoms with E-state index in [1.54, 1.807) is 12.1 Å². The van der Waals surface area contributed by atoms with Crippen molar-refractivity contribution >= 4 is 22.5 Å². The van der Waals surface area contributed by atoms with Crippen LogP contribution >= 0.6 is 0 Å².